The van der Waals surface area contributed by atoms with Crippen LogP contribution in [-0.4, -0.2) is 39.9 Å². The standard InChI is InChI=1S/C20H23N5O/c1-16(26)25(14-18-12-22-15-23-13-18)20-3-2-9-24(10-8-20)19-6-4-17(11-21)5-7-19/h4-7,12-13,15,20H,2-3,8-10,14H2,1H3. The summed E-state index contributed by atoms with van der Waals surface area (Å²) in [7, 11) is 0. The summed E-state index contributed by atoms with van der Waals surface area (Å²) in [4.78, 5) is 24.6. The van der Waals surface area contributed by atoms with E-state index in [1.807, 2.05) is 29.2 Å². The molecule has 134 valence electrons. The summed E-state index contributed by atoms with van der Waals surface area (Å²) in [6.07, 6.45) is 7.97. The molecule has 1 aromatic carbocycles. The van der Waals surface area contributed by atoms with Gasteiger partial charge in [-0.15, -0.1) is 0 Å². The van der Waals surface area contributed by atoms with E-state index < -0.39 is 0 Å². The highest BCUT2D eigenvalue weighted by Crippen LogP contribution is 2.23. The van der Waals surface area contributed by atoms with E-state index in [1.54, 1.807) is 19.3 Å². The molecule has 2 aromatic rings. The van der Waals surface area contributed by atoms with Gasteiger partial charge < -0.3 is 9.80 Å². The number of amides is 1. The average Bonchev–Trinajstić information content (AvgIpc) is 2.93. The maximum Gasteiger partial charge on any atom is 0.219 e. The number of benzene rings is 1. The Kier molecular flexibility index (Phi) is 5.80. The third-order valence-electron chi connectivity index (χ3n) is 4.87. The minimum Gasteiger partial charge on any atom is -0.371 e. The third-order valence-corrected chi connectivity index (χ3v) is 4.87. The summed E-state index contributed by atoms with van der Waals surface area (Å²) < 4.78 is 0. The minimum atomic E-state index is 0.0886. The fraction of sp³-hybridized carbons (Fsp3) is 0.400. The molecule has 3 rings (SSSR count). The van der Waals surface area contributed by atoms with Crippen LogP contribution in [0.2, 0.25) is 0 Å². The smallest absolute Gasteiger partial charge is 0.219 e. The van der Waals surface area contributed by atoms with Gasteiger partial charge in [0.15, 0.2) is 0 Å². The van der Waals surface area contributed by atoms with Crippen LogP contribution < -0.4 is 4.90 Å². The Hall–Kier alpha value is -2.94. The maximum absolute atomic E-state index is 12.2. The van der Waals surface area contributed by atoms with E-state index in [0.717, 1.165) is 43.6 Å². The van der Waals surface area contributed by atoms with Crippen LogP contribution in [0.15, 0.2) is 43.0 Å². The average molecular weight is 349 g/mol. The quantitative estimate of drug-likeness (QED) is 0.848. The highest BCUT2D eigenvalue weighted by molar-refractivity contribution is 5.73. The third kappa shape index (κ3) is 4.37. The van der Waals surface area contributed by atoms with Gasteiger partial charge in [0.25, 0.3) is 0 Å². The Balaban J connectivity index is 1.67. The number of hydrogen-bond acceptors (Lipinski definition) is 5. The number of rotatable bonds is 4. The molecule has 1 fully saturated rings. The van der Waals surface area contributed by atoms with Crippen LogP contribution >= 0.6 is 0 Å². The molecule has 0 N–H and O–H groups in total. The number of nitrogens with zero attached hydrogens (tertiary/aromatic N) is 5. The number of anilines is 1. The first-order chi connectivity index (χ1) is 12.7. The van der Waals surface area contributed by atoms with Crippen LogP contribution in [0.3, 0.4) is 0 Å². The van der Waals surface area contributed by atoms with Gasteiger partial charge in [-0.25, -0.2) is 9.97 Å². The van der Waals surface area contributed by atoms with Gasteiger partial charge >= 0.3 is 0 Å². The summed E-state index contributed by atoms with van der Waals surface area (Å²) in [5.41, 5.74) is 2.76. The summed E-state index contributed by atoms with van der Waals surface area (Å²) >= 11 is 0. The van der Waals surface area contributed by atoms with Gasteiger partial charge in [-0.3, -0.25) is 4.79 Å². The molecular formula is C20H23N5O. The number of carbonyl (C=O) groups is 1. The van der Waals surface area contributed by atoms with Gasteiger partial charge in [0, 0.05) is 56.2 Å². The number of carbonyl (C=O) groups excluding carboxylic acids is 1. The molecule has 1 atom stereocenters. The summed E-state index contributed by atoms with van der Waals surface area (Å²) in [5, 5.41) is 8.94. The Morgan fingerprint density at radius 2 is 1.96 bits per heavy atom. The van der Waals surface area contributed by atoms with E-state index in [9.17, 15) is 4.79 Å². The van der Waals surface area contributed by atoms with Crippen molar-refractivity contribution in [2.24, 2.45) is 0 Å². The number of hydrogen-bond donors (Lipinski definition) is 0. The predicted molar refractivity (Wildman–Crippen MR) is 99.3 cm³/mol. The van der Waals surface area contributed by atoms with E-state index in [1.165, 1.54) is 6.33 Å². The molecule has 1 aromatic heterocycles. The van der Waals surface area contributed by atoms with Crippen molar-refractivity contribution < 1.29 is 4.79 Å². The van der Waals surface area contributed by atoms with E-state index in [0.29, 0.717) is 12.1 Å². The normalized spacial score (nSPS) is 17.2. The Morgan fingerprint density at radius 3 is 2.62 bits per heavy atom. The van der Waals surface area contributed by atoms with E-state index in [2.05, 4.69) is 20.9 Å². The van der Waals surface area contributed by atoms with Gasteiger partial charge in [0.1, 0.15) is 6.33 Å². The van der Waals surface area contributed by atoms with Crippen LogP contribution in [0.4, 0.5) is 5.69 Å². The van der Waals surface area contributed by atoms with Crippen molar-refractivity contribution in [1.29, 1.82) is 5.26 Å². The Labute approximate surface area is 154 Å². The van der Waals surface area contributed by atoms with Crippen molar-refractivity contribution in [3.63, 3.8) is 0 Å². The van der Waals surface area contributed by atoms with E-state index in [4.69, 9.17) is 5.26 Å². The van der Waals surface area contributed by atoms with Gasteiger partial charge in [-0.1, -0.05) is 0 Å². The van der Waals surface area contributed by atoms with Crippen molar-refractivity contribution in [2.75, 3.05) is 18.0 Å². The molecule has 0 radical (unpaired) electrons. The van der Waals surface area contributed by atoms with Gasteiger partial charge in [0.2, 0.25) is 5.91 Å². The van der Waals surface area contributed by atoms with Crippen molar-refractivity contribution >= 4 is 11.6 Å². The highest BCUT2D eigenvalue weighted by Gasteiger charge is 2.25. The molecule has 1 amide bonds. The second-order valence-corrected chi connectivity index (χ2v) is 6.62. The molecule has 6 heteroatoms. The topological polar surface area (TPSA) is 73.1 Å². The molecule has 0 saturated carbocycles. The van der Waals surface area contributed by atoms with E-state index >= 15 is 0 Å². The minimum absolute atomic E-state index is 0.0886. The van der Waals surface area contributed by atoms with Crippen molar-refractivity contribution in [2.45, 2.75) is 38.8 Å². The molecule has 0 aliphatic carbocycles. The lowest BCUT2D eigenvalue weighted by atomic mass is 10.1. The van der Waals surface area contributed by atoms with Crippen molar-refractivity contribution in [3.05, 3.63) is 54.1 Å². The summed E-state index contributed by atoms with van der Waals surface area (Å²) in [6, 6.07) is 10.1. The van der Waals surface area contributed by atoms with Crippen LogP contribution in [-0.2, 0) is 11.3 Å². The second-order valence-electron chi connectivity index (χ2n) is 6.62. The van der Waals surface area contributed by atoms with E-state index in [-0.39, 0.29) is 11.9 Å². The summed E-state index contributed by atoms with van der Waals surface area (Å²) in [6.45, 7) is 4.04. The maximum atomic E-state index is 12.2. The summed E-state index contributed by atoms with van der Waals surface area (Å²) in [5.74, 6) is 0.0886. The number of aromatic nitrogens is 2. The second kappa shape index (κ2) is 8.43. The molecular weight excluding hydrogens is 326 g/mol. The molecule has 6 nitrogen and oxygen atoms in total. The zero-order chi connectivity index (χ0) is 18.4. The first-order valence-corrected chi connectivity index (χ1v) is 8.93. The lowest BCUT2D eigenvalue weighted by Gasteiger charge is -2.30. The molecule has 1 saturated heterocycles. The van der Waals surface area contributed by atoms with Crippen LogP contribution in [0.1, 0.15) is 37.3 Å². The highest BCUT2D eigenvalue weighted by atomic mass is 16.2. The molecule has 26 heavy (non-hydrogen) atoms. The Bertz CT molecular complexity index is 769. The molecule has 1 aliphatic heterocycles. The molecule has 2 heterocycles. The Morgan fingerprint density at radius 1 is 1.23 bits per heavy atom. The lowest BCUT2D eigenvalue weighted by Crippen LogP contribution is -2.39. The zero-order valence-electron chi connectivity index (χ0n) is 15.0. The van der Waals surface area contributed by atoms with Crippen LogP contribution in [0.25, 0.3) is 0 Å². The van der Waals surface area contributed by atoms with Gasteiger partial charge in [0.05, 0.1) is 11.6 Å². The SMILES string of the molecule is CC(=O)N(Cc1cncnc1)C1CCCN(c2ccc(C#N)cc2)CC1. The molecule has 0 spiro atoms. The fourth-order valence-electron chi connectivity index (χ4n) is 3.50. The number of nitriles is 1. The molecule has 0 bridgehead atoms. The van der Waals surface area contributed by atoms with Crippen LogP contribution in [0, 0.1) is 11.3 Å². The lowest BCUT2D eigenvalue weighted by molar-refractivity contribution is -0.132. The zero-order valence-corrected chi connectivity index (χ0v) is 15.0. The first kappa shape index (κ1) is 17.9. The monoisotopic (exact) mass is 349 g/mol. The van der Waals surface area contributed by atoms with Crippen molar-refractivity contribution in [3.8, 4) is 6.07 Å². The molecule has 1 aliphatic rings. The largest absolute Gasteiger partial charge is 0.371 e. The van der Waals surface area contributed by atoms with Crippen molar-refractivity contribution in [1.82, 2.24) is 14.9 Å². The predicted octanol–water partition coefficient (Wildman–Crippen LogP) is 2.76. The van der Waals surface area contributed by atoms with Gasteiger partial charge in [-0.05, 0) is 43.5 Å². The van der Waals surface area contributed by atoms with Crippen LogP contribution in [0.5, 0.6) is 0 Å². The molecule has 1 unspecified atom stereocenters. The first-order valence-electron chi connectivity index (χ1n) is 8.93. The fourth-order valence-corrected chi connectivity index (χ4v) is 3.50. The van der Waals surface area contributed by atoms with Gasteiger partial charge in [-0.2, -0.15) is 5.26 Å².